The van der Waals surface area contributed by atoms with Crippen LogP contribution in [-0.4, -0.2) is 42.6 Å². The summed E-state index contributed by atoms with van der Waals surface area (Å²) in [6, 6.07) is 19.4. The highest BCUT2D eigenvalue weighted by molar-refractivity contribution is 5.95. The van der Waals surface area contributed by atoms with E-state index in [9.17, 15) is 0 Å². The van der Waals surface area contributed by atoms with E-state index in [1.165, 1.54) is 21.9 Å². The van der Waals surface area contributed by atoms with Crippen LogP contribution in [0, 0.1) is 6.92 Å². The summed E-state index contributed by atoms with van der Waals surface area (Å²) >= 11 is 0. The summed E-state index contributed by atoms with van der Waals surface area (Å²) in [7, 11) is 0. The Kier molecular flexibility index (Phi) is 4.41. The Balaban J connectivity index is 1.81. The maximum atomic E-state index is 5.08. The van der Waals surface area contributed by atoms with Gasteiger partial charge in [0.15, 0.2) is 0 Å². The predicted molar refractivity (Wildman–Crippen MR) is 106 cm³/mol. The molecule has 0 saturated carbocycles. The quantitative estimate of drug-likeness (QED) is 0.711. The van der Waals surface area contributed by atoms with E-state index in [2.05, 4.69) is 78.2 Å². The van der Waals surface area contributed by atoms with Gasteiger partial charge < -0.3 is 9.80 Å². The smallest absolute Gasteiger partial charge is 0.137 e. The van der Waals surface area contributed by atoms with Gasteiger partial charge in [-0.25, -0.2) is 4.98 Å². The Hall–Kier alpha value is -2.39. The van der Waals surface area contributed by atoms with Gasteiger partial charge in [-0.2, -0.15) is 0 Å². The van der Waals surface area contributed by atoms with Crippen molar-refractivity contribution < 1.29 is 0 Å². The Morgan fingerprint density at radius 3 is 2.40 bits per heavy atom. The molecule has 0 radical (unpaired) electrons. The summed E-state index contributed by atoms with van der Waals surface area (Å²) in [5.74, 6) is 1.13. The Bertz CT molecular complexity index is 865. The second-order valence-electron chi connectivity index (χ2n) is 6.84. The maximum absolute atomic E-state index is 5.08. The van der Waals surface area contributed by atoms with Crippen molar-refractivity contribution in [3.05, 3.63) is 60.2 Å². The number of aryl methyl sites for hydroxylation is 1. The minimum absolute atomic E-state index is 1.04. The molecule has 0 N–H and O–H groups in total. The van der Waals surface area contributed by atoms with Crippen LogP contribution in [0.15, 0.2) is 54.6 Å². The molecule has 1 aliphatic rings. The first-order chi connectivity index (χ1) is 12.2. The summed E-state index contributed by atoms with van der Waals surface area (Å²) in [6.07, 6.45) is 0. The highest BCUT2D eigenvalue weighted by Crippen LogP contribution is 2.31. The largest absolute Gasteiger partial charge is 0.354 e. The maximum Gasteiger partial charge on any atom is 0.137 e. The van der Waals surface area contributed by atoms with Crippen molar-refractivity contribution >= 4 is 16.6 Å². The summed E-state index contributed by atoms with van der Waals surface area (Å²) in [5.41, 5.74) is 3.53. The number of anilines is 1. The summed E-state index contributed by atoms with van der Waals surface area (Å²) < 4.78 is 0. The molecule has 0 atom stereocenters. The molecule has 2 aromatic carbocycles. The minimum atomic E-state index is 1.04. The van der Waals surface area contributed by atoms with E-state index in [1.807, 2.05) is 0 Å². The fourth-order valence-corrected chi connectivity index (χ4v) is 3.63. The van der Waals surface area contributed by atoms with Gasteiger partial charge in [0.05, 0.1) is 5.69 Å². The van der Waals surface area contributed by atoms with Gasteiger partial charge >= 0.3 is 0 Å². The number of hydrogen-bond acceptors (Lipinski definition) is 3. The van der Waals surface area contributed by atoms with Gasteiger partial charge in [-0.1, -0.05) is 61.0 Å². The van der Waals surface area contributed by atoms with Crippen molar-refractivity contribution in [2.24, 2.45) is 0 Å². The van der Waals surface area contributed by atoms with Gasteiger partial charge in [0.2, 0.25) is 0 Å². The first-order valence-corrected chi connectivity index (χ1v) is 9.19. The highest BCUT2D eigenvalue weighted by Gasteiger charge is 2.19. The summed E-state index contributed by atoms with van der Waals surface area (Å²) in [6.45, 7) is 9.83. The number of likely N-dealkylation sites (N-methyl/N-ethyl adjacent to an activating group) is 1. The Labute approximate surface area is 149 Å². The average molecular weight is 331 g/mol. The number of pyridine rings is 1. The number of piperazine rings is 1. The molecule has 3 nitrogen and oxygen atoms in total. The van der Waals surface area contributed by atoms with Crippen LogP contribution in [0.5, 0.6) is 0 Å². The molecule has 25 heavy (non-hydrogen) atoms. The average Bonchev–Trinajstić information content (AvgIpc) is 2.67. The molecule has 1 fully saturated rings. The predicted octanol–water partition coefficient (Wildman–Crippen LogP) is 4.35. The molecule has 1 aliphatic heterocycles. The van der Waals surface area contributed by atoms with Gasteiger partial charge in [0.1, 0.15) is 5.82 Å². The molecule has 0 amide bonds. The molecule has 3 heteroatoms. The van der Waals surface area contributed by atoms with Gasteiger partial charge in [0.25, 0.3) is 0 Å². The Morgan fingerprint density at radius 1 is 0.920 bits per heavy atom. The highest BCUT2D eigenvalue weighted by atomic mass is 15.3. The molecule has 0 aliphatic carbocycles. The third-order valence-corrected chi connectivity index (χ3v) is 5.16. The van der Waals surface area contributed by atoms with Crippen LogP contribution in [0.2, 0.25) is 0 Å². The third kappa shape index (κ3) is 3.24. The van der Waals surface area contributed by atoms with Gasteiger partial charge in [-0.3, -0.25) is 0 Å². The number of nitrogens with zero attached hydrogens (tertiary/aromatic N) is 3. The molecule has 4 rings (SSSR count). The third-order valence-electron chi connectivity index (χ3n) is 5.16. The number of benzene rings is 2. The molecule has 0 unspecified atom stereocenters. The number of rotatable bonds is 3. The lowest BCUT2D eigenvalue weighted by atomic mass is 10.0. The molecule has 1 saturated heterocycles. The van der Waals surface area contributed by atoms with Crippen molar-refractivity contribution in [1.29, 1.82) is 0 Å². The van der Waals surface area contributed by atoms with Crippen molar-refractivity contribution in [2.45, 2.75) is 13.8 Å². The lowest BCUT2D eigenvalue weighted by Crippen LogP contribution is -2.46. The SMILES string of the molecule is CCN1CCN(c2nc(-c3ccccc3)cc3cc(C)ccc23)CC1. The molecule has 0 bridgehead atoms. The van der Waals surface area contributed by atoms with Gasteiger partial charge in [-0.05, 0) is 24.9 Å². The van der Waals surface area contributed by atoms with Crippen LogP contribution in [0.4, 0.5) is 5.82 Å². The first kappa shape index (κ1) is 16.1. The van der Waals surface area contributed by atoms with Crippen molar-refractivity contribution in [3.63, 3.8) is 0 Å². The standard InChI is InChI=1S/C22H25N3/c1-3-24-11-13-25(14-12-24)22-20-10-9-17(2)15-19(20)16-21(23-22)18-7-5-4-6-8-18/h4-10,15-16H,3,11-14H2,1-2H3. The van der Waals surface area contributed by atoms with Crippen molar-refractivity contribution in [3.8, 4) is 11.3 Å². The van der Waals surface area contributed by atoms with Crippen LogP contribution in [0.25, 0.3) is 22.0 Å². The minimum Gasteiger partial charge on any atom is -0.354 e. The first-order valence-electron chi connectivity index (χ1n) is 9.19. The topological polar surface area (TPSA) is 19.4 Å². The second kappa shape index (κ2) is 6.85. The number of aromatic nitrogens is 1. The van der Waals surface area contributed by atoms with Crippen LogP contribution in [0.1, 0.15) is 12.5 Å². The Morgan fingerprint density at radius 2 is 1.68 bits per heavy atom. The summed E-state index contributed by atoms with van der Waals surface area (Å²) in [5, 5.41) is 2.54. The van der Waals surface area contributed by atoms with Crippen LogP contribution < -0.4 is 4.90 Å². The van der Waals surface area contributed by atoms with E-state index in [0.29, 0.717) is 0 Å². The number of hydrogen-bond donors (Lipinski definition) is 0. The van der Waals surface area contributed by atoms with E-state index in [4.69, 9.17) is 4.98 Å². The van der Waals surface area contributed by atoms with Gasteiger partial charge in [-0.15, -0.1) is 0 Å². The lowest BCUT2D eigenvalue weighted by Gasteiger charge is -2.35. The molecular formula is C22H25N3. The summed E-state index contributed by atoms with van der Waals surface area (Å²) in [4.78, 5) is 10.0. The molecular weight excluding hydrogens is 306 g/mol. The monoisotopic (exact) mass is 331 g/mol. The zero-order valence-corrected chi connectivity index (χ0v) is 15.1. The zero-order valence-electron chi connectivity index (χ0n) is 15.1. The second-order valence-corrected chi connectivity index (χ2v) is 6.84. The van der Waals surface area contributed by atoms with Crippen LogP contribution in [-0.2, 0) is 0 Å². The molecule has 2 heterocycles. The van der Waals surface area contributed by atoms with Crippen LogP contribution >= 0.6 is 0 Å². The van der Waals surface area contributed by atoms with E-state index in [1.54, 1.807) is 0 Å². The fourth-order valence-electron chi connectivity index (χ4n) is 3.63. The van der Waals surface area contributed by atoms with E-state index in [0.717, 1.165) is 44.2 Å². The van der Waals surface area contributed by atoms with E-state index < -0.39 is 0 Å². The molecule has 128 valence electrons. The fraction of sp³-hybridized carbons (Fsp3) is 0.318. The number of fused-ring (bicyclic) bond motifs is 1. The van der Waals surface area contributed by atoms with Gasteiger partial charge in [0, 0.05) is 37.1 Å². The van der Waals surface area contributed by atoms with E-state index >= 15 is 0 Å². The molecule has 0 spiro atoms. The lowest BCUT2D eigenvalue weighted by molar-refractivity contribution is 0.271. The van der Waals surface area contributed by atoms with Crippen LogP contribution in [0.3, 0.4) is 0 Å². The van der Waals surface area contributed by atoms with Crippen molar-refractivity contribution in [2.75, 3.05) is 37.6 Å². The van der Waals surface area contributed by atoms with Crippen molar-refractivity contribution in [1.82, 2.24) is 9.88 Å². The molecule has 1 aromatic heterocycles. The molecule has 3 aromatic rings. The zero-order chi connectivity index (χ0) is 17.2. The van der Waals surface area contributed by atoms with E-state index in [-0.39, 0.29) is 0 Å². The normalized spacial score (nSPS) is 15.7.